The van der Waals surface area contributed by atoms with E-state index in [0.29, 0.717) is 18.0 Å². The van der Waals surface area contributed by atoms with Gasteiger partial charge < -0.3 is 15.0 Å². The minimum absolute atomic E-state index is 0.267. The van der Waals surface area contributed by atoms with E-state index in [1.165, 1.54) is 12.1 Å². The Bertz CT molecular complexity index is 1270. The molecule has 1 aromatic heterocycles. The molecule has 4 aromatic rings. The number of ether oxygens (including phenoxy) is 1. The summed E-state index contributed by atoms with van der Waals surface area (Å²) in [6, 6.07) is 17.3. The van der Waals surface area contributed by atoms with Gasteiger partial charge >= 0.3 is 6.36 Å². The Morgan fingerprint density at radius 2 is 1.74 bits per heavy atom. The van der Waals surface area contributed by atoms with Crippen LogP contribution in [0.2, 0.25) is 0 Å². The number of carbonyl (C=O) groups excluding carboxylic acids is 1. The molecule has 0 bridgehead atoms. The summed E-state index contributed by atoms with van der Waals surface area (Å²) < 4.78 is 43.3. The molecular weight excluding hydrogens is 405 g/mol. The second kappa shape index (κ2) is 7.65. The monoisotopic (exact) mass is 426 g/mol. The lowest BCUT2D eigenvalue weighted by Gasteiger charge is -2.12. The van der Waals surface area contributed by atoms with Crippen LogP contribution in [0, 0.1) is 0 Å². The van der Waals surface area contributed by atoms with Crippen molar-refractivity contribution in [3.63, 3.8) is 0 Å². The Labute approximate surface area is 177 Å². The second-order valence-electron chi connectivity index (χ2n) is 7.77. The molecule has 0 aliphatic rings. The molecule has 0 aliphatic heterocycles. The van der Waals surface area contributed by atoms with Crippen LogP contribution in [0.1, 0.15) is 41.3 Å². The number of hydrogen-bond acceptors (Lipinski definition) is 2. The SMILES string of the molecule is CC(C)c1ccc2c3c(C(N)=O)cccc3n(Cc3ccc(OC(F)(F)F)cc3)c2c1. The van der Waals surface area contributed by atoms with Crippen LogP contribution in [0.4, 0.5) is 13.2 Å². The predicted octanol–water partition coefficient (Wildman–Crippen LogP) is 5.96. The topological polar surface area (TPSA) is 57.2 Å². The number of nitrogens with zero attached hydrogens (tertiary/aromatic N) is 1. The van der Waals surface area contributed by atoms with Gasteiger partial charge in [-0.25, -0.2) is 0 Å². The predicted molar refractivity (Wildman–Crippen MR) is 114 cm³/mol. The minimum atomic E-state index is -4.73. The van der Waals surface area contributed by atoms with E-state index < -0.39 is 12.3 Å². The van der Waals surface area contributed by atoms with Gasteiger partial charge in [0.05, 0.1) is 5.52 Å². The second-order valence-corrected chi connectivity index (χ2v) is 7.77. The minimum Gasteiger partial charge on any atom is -0.406 e. The lowest BCUT2D eigenvalue weighted by atomic mass is 10.00. The molecule has 7 heteroatoms. The molecular formula is C24H21F3N2O2. The highest BCUT2D eigenvalue weighted by Crippen LogP contribution is 2.34. The number of alkyl halides is 3. The van der Waals surface area contributed by atoms with Crippen molar-refractivity contribution in [1.82, 2.24) is 4.57 Å². The number of fused-ring (bicyclic) bond motifs is 3. The summed E-state index contributed by atoms with van der Waals surface area (Å²) in [7, 11) is 0. The maximum Gasteiger partial charge on any atom is 0.573 e. The van der Waals surface area contributed by atoms with Crippen LogP contribution < -0.4 is 10.5 Å². The summed E-state index contributed by atoms with van der Waals surface area (Å²) in [5.74, 6) is -0.465. The fourth-order valence-electron chi connectivity index (χ4n) is 3.88. The van der Waals surface area contributed by atoms with Crippen LogP contribution >= 0.6 is 0 Å². The fraction of sp³-hybridized carbons (Fsp3) is 0.208. The summed E-state index contributed by atoms with van der Waals surface area (Å²) in [6.45, 7) is 4.61. The van der Waals surface area contributed by atoms with Crippen molar-refractivity contribution in [2.24, 2.45) is 5.73 Å². The number of amides is 1. The molecule has 3 aromatic carbocycles. The van der Waals surface area contributed by atoms with E-state index in [0.717, 1.165) is 32.9 Å². The van der Waals surface area contributed by atoms with Gasteiger partial charge in [-0.2, -0.15) is 0 Å². The zero-order chi connectivity index (χ0) is 22.3. The third kappa shape index (κ3) is 4.08. The molecule has 0 radical (unpaired) electrons. The average Bonchev–Trinajstić information content (AvgIpc) is 3.01. The molecule has 160 valence electrons. The van der Waals surface area contributed by atoms with Crippen LogP contribution in [0.5, 0.6) is 5.75 Å². The molecule has 31 heavy (non-hydrogen) atoms. The highest BCUT2D eigenvalue weighted by molar-refractivity contribution is 6.18. The van der Waals surface area contributed by atoms with Gasteiger partial charge in [-0.1, -0.05) is 44.2 Å². The largest absolute Gasteiger partial charge is 0.573 e. The van der Waals surface area contributed by atoms with Gasteiger partial charge in [0.2, 0.25) is 5.91 Å². The van der Waals surface area contributed by atoms with Crippen LogP contribution in [0.25, 0.3) is 21.8 Å². The lowest BCUT2D eigenvalue weighted by Crippen LogP contribution is -2.17. The quantitative estimate of drug-likeness (QED) is 0.428. The molecule has 4 rings (SSSR count). The third-order valence-corrected chi connectivity index (χ3v) is 5.34. The van der Waals surface area contributed by atoms with Crippen molar-refractivity contribution in [3.8, 4) is 5.75 Å². The summed E-state index contributed by atoms with van der Waals surface area (Å²) in [6.07, 6.45) is -4.73. The van der Waals surface area contributed by atoms with Gasteiger partial charge in [-0.05, 0) is 47.4 Å². The molecule has 0 spiro atoms. The normalized spacial score (nSPS) is 12.1. The first kappa shape index (κ1) is 20.8. The first-order valence-electron chi connectivity index (χ1n) is 9.83. The zero-order valence-corrected chi connectivity index (χ0v) is 17.0. The van der Waals surface area contributed by atoms with Gasteiger partial charge in [0.25, 0.3) is 0 Å². The number of rotatable bonds is 5. The van der Waals surface area contributed by atoms with E-state index in [1.54, 1.807) is 24.3 Å². The van der Waals surface area contributed by atoms with E-state index >= 15 is 0 Å². The van der Waals surface area contributed by atoms with E-state index in [-0.39, 0.29) is 5.75 Å². The first-order valence-corrected chi connectivity index (χ1v) is 9.83. The molecule has 0 saturated heterocycles. The molecule has 2 N–H and O–H groups in total. The van der Waals surface area contributed by atoms with Crippen LogP contribution in [-0.4, -0.2) is 16.8 Å². The Balaban J connectivity index is 1.86. The summed E-state index contributed by atoms with van der Waals surface area (Å²) in [5, 5.41) is 1.68. The standard InChI is InChI=1S/C24H21F3N2O2/c1-14(2)16-8-11-18-21(12-16)29(20-5-3-4-19(22(18)20)23(28)30)13-15-6-9-17(10-7-15)31-24(25,26)27/h3-12,14H,13H2,1-2H3,(H2,28,30). The highest BCUT2D eigenvalue weighted by atomic mass is 19.4. The molecule has 4 nitrogen and oxygen atoms in total. The maximum absolute atomic E-state index is 12.4. The van der Waals surface area contributed by atoms with Crippen molar-refractivity contribution in [2.45, 2.75) is 32.7 Å². The van der Waals surface area contributed by atoms with E-state index in [9.17, 15) is 18.0 Å². The molecule has 0 aliphatic carbocycles. The number of hydrogen-bond donors (Lipinski definition) is 1. The molecule has 1 heterocycles. The van der Waals surface area contributed by atoms with E-state index in [4.69, 9.17) is 5.73 Å². The Kier molecular flexibility index (Phi) is 5.13. The first-order chi connectivity index (χ1) is 14.6. The summed E-state index contributed by atoms with van der Waals surface area (Å²) in [5.41, 5.74) is 9.78. The Morgan fingerprint density at radius 3 is 2.35 bits per heavy atom. The molecule has 0 saturated carbocycles. The van der Waals surface area contributed by atoms with Crippen molar-refractivity contribution in [2.75, 3.05) is 0 Å². The number of halogens is 3. The number of aromatic nitrogens is 1. The maximum atomic E-state index is 12.4. The number of carbonyl (C=O) groups is 1. The molecule has 0 atom stereocenters. The van der Waals surface area contributed by atoms with Gasteiger partial charge in [0.15, 0.2) is 0 Å². The molecule has 0 unspecified atom stereocenters. The zero-order valence-electron chi connectivity index (χ0n) is 17.0. The number of nitrogens with two attached hydrogens (primary N) is 1. The van der Waals surface area contributed by atoms with Crippen LogP contribution in [0.3, 0.4) is 0 Å². The Morgan fingerprint density at radius 1 is 1.03 bits per heavy atom. The van der Waals surface area contributed by atoms with Crippen molar-refractivity contribution >= 4 is 27.7 Å². The van der Waals surface area contributed by atoms with Crippen molar-refractivity contribution < 1.29 is 22.7 Å². The van der Waals surface area contributed by atoms with Gasteiger partial charge in [-0.15, -0.1) is 13.2 Å². The average molecular weight is 426 g/mol. The number of primary amides is 1. The van der Waals surface area contributed by atoms with Gasteiger partial charge in [0, 0.05) is 28.4 Å². The van der Waals surface area contributed by atoms with E-state index in [1.807, 2.05) is 18.2 Å². The highest BCUT2D eigenvalue weighted by Gasteiger charge is 2.31. The lowest BCUT2D eigenvalue weighted by molar-refractivity contribution is -0.274. The Hall–Kier alpha value is -3.48. The van der Waals surface area contributed by atoms with Gasteiger partial charge in [0.1, 0.15) is 5.75 Å². The number of benzene rings is 3. The molecule has 0 fully saturated rings. The van der Waals surface area contributed by atoms with Crippen molar-refractivity contribution in [3.05, 3.63) is 77.4 Å². The van der Waals surface area contributed by atoms with Crippen molar-refractivity contribution in [1.29, 1.82) is 0 Å². The van der Waals surface area contributed by atoms with Crippen LogP contribution in [-0.2, 0) is 6.54 Å². The van der Waals surface area contributed by atoms with Crippen LogP contribution in [0.15, 0.2) is 60.7 Å². The van der Waals surface area contributed by atoms with Gasteiger partial charge in [-0.3, -0.25) is 4.79 Å². The van der Waals surface area contributed by atoms with E-state index in [2.05, 4.69) is 29.2 Å². The fourth-order valence-corrected chi connectivity index (χ4v) is 3.88. The summed E-state index contributed by atoms with van der Waals surface area (Å²) >= 11 is 0. The summed E-state index contributed by atoms with van der Waals surface area (Å²) in [4.78, 5) is 12.1. The molecule has 1 amide bonds. The third-order valence-electron chi connectivity index (χ3n) is 5.34. The smallest absolute Gasteiger partial charge is 0.406 e.